The topological polar surface area (TPSA) is 28.9 Å². The third-order valence-electron chi connectivity index (χ3n) is 5.05. The van der Waals surface area contributed by atoms with Gasteiger partial charge in [0.1, 0.15) is 6.04 Å². The fourth-order valence-corrected chi connectivity index (χ4v) is 4.18. The van der Waals surface area contributed by atoms with Crippen molar-refractivity contribution in [2.45, 2.75) is 19.9 Å². The number of rotatable bonds is 6. The second-order valence-corrected chi connectivity index (χ2v) is 7.51. The van der Waals surface area contributed by atoms with Crippen LogP contribution in [0.4, 0.5) is 11.4 Å². The first-order valence-corrected chi connectivity index (χ1v) is 10.4. The van der Waals surface area contributed by atoms with Crippen molar-refractivity contribution in [3.05, 3.63) is 88.3 Å². The third kappa shape index (κ3) is 3.83. The predicted octanol–water partition coefficient (Wildman–Crippen LogP) is 6.97. The molecule has 0 aliphatic carbocycles. The van der Waals surface area contributed by atoms with Crippen LogP contribution in [0.1, 0.15) is 31.2 Å². The molecule has 4 rings (SSSR count). The maximum atomic E-state index is 6.51. The molecule has 0 amide bonds. The van der Waals surface area contributed by atoms with Crippen LogP contribution in [0.5, 0.6) is 0 Å². The molecule has 0 bridgehead atoms. The van der Waals surface area contributed by atoms with Gasteiger partial charge < -0.3 is 14.2 Å². The van der Waals surface area contributed by atoms with Gasteiger partial charge >= 0.3 is 0 Å². The van der Waals surface area contributed by atoms with Crippen molar-refractivity contribution >= 4 is 40.3 Å². The molecule has 4 nitrogen and oxygen atoms in total. The molecule has 0 saturated carbocycles. The Bertz CT molecular complexity index is 976. The van der Waals surface area contributed by atoms with Crippen molar-refractivity contribution in [3.63, 3.8) is 0 Å². The van der Waals surface area contributed by atoms with Gasteiger partial charge in [-0.3, -0.25) is 0 Å². The Morgan fingerprint density at radius 3 is 2.21 bits per heavy atom. The van der Waals surface area contributed by atoms with Crippen LogP contribution in [-0.4, -0.2) is 13.1 Å². The lowest BCUT2D eigenvalue weighted by atomic mass is 10.0. The van der Waals surface area contributed by atoms with E-state index in [2.05, 4.69) is 30.9 Å². The summed E-state index contributed by atoms with van der Waals surface area (Å²) in [5.41, 5.74) is 2.87. The van der Waals surface area contributed by atoms with Crippen LogP contribution in [-0.2, 0) is 4.84 Å². The van der Waals surface area contributed by atoms with Gasteiger partial charge in [0.2, 0.25) is 0 Å². The summed E-state index contributed by atoms with van der Waals surface area (Å²) in [7, 11) is 0. The second kappa shape index (κ2) is 8.44. The SMILES string of the molecule is CCN(CC)c1ccc(N2OC(c3ccco3)=CC2c2c(Cl)cccc2Cl)cc1. The molecule has 1 aromatic heterocycles. The van der Waals surface area contributed by atoms with E-state index in [1.54, 1.807) is 6.26 Å². The standard InChI is InChI=1S/C23H22Cl2N2O2/c1-3-26(4-2)16-10-12-17(13-11-16)27-20(23-18(24)7-5-8-19(23)25)15-22(29-27)21-9-6-14-28-21/h5-15,20H,3-4H2,1-2H3. The molecular formula is C23H22Cl2N2O2. The van der Waals surface area contributed by atoms with Crippen molar-refractivity contribution < 1.29 is 9.25 Å². The molecule has 0 fully saturated rings. The molecule has 3 aromatic rings. The van der Waals surface area contributed by atoms with Crippen LogP contribution in [0.3, 0.4) is 0 Å². The highest BCUT2D eigenvalue weighted by molar-refractivity contribution is 6.36. The van der Waals surface area contributed by atoms with E-state index in [1.165, 1.54) is 5.69 Å². The molecule has 29 heavy (non-hydrogen) atoms. The number of hydroxylamine groups is 1. The molecular weight excluding hydrogens is 407 g/mol. The Morgan fingerprint density at radius 1 is 0.931 bits per heavy atom. The van der Waals surface area contributed by atoms with Gasteiger partial charge in [-0.1, -0.05) is 29.3 Å². The normalized spacial score (nSPS) is 15.9. The summed E-state index contributed by atoms with van der Waals surface area (Å²) in [5, 5.41) is 3.00. The van der Waals surface area contributed by atoms with Crippen LogP contribution in [0, 0.1) is 0 Å². The van der Waals surface area contributed by atoms with E-state index in [0.29, 0.717) is 21.6 Å². The number of hydrogen-bond acceptors (Lipinski definition) is 4. The Kier molecular flexibility index (Phi) is 5.74. The van der Waals surface area contributed by atoms with E-state index in [4.69, 9.17) is 32.5 Å². The van der Waals surface area contributed by atoms with Crippen LogP contribution < -0.4 is 9.96 Å². The number of benzene rings is 2. The first-order chi connectivity index (χ1) is 14.1. The van der Waals surface area contributed by atoms with Crippen molar-refractivity contribution in [2.75, 3.05) is 23.1 Å². The molecule has 1 atom stereocenters. The summed E-state index contributed by atoms with van der Waals surface area (Å²) in [6, 6.07) is 17.2. The molecule has 0 spiro atoms. The maximum absolute atomic E-state index is 6.51. The predicted molar refractivity (Wildman–Crippen MR) is 119 cm³/mol. The van der Waals surface area contributed by atoms with Crippen molar-refractivity contribution in [2.24, 2.45) is 0 Å². The Morgan fingerprint density at radius 2 is 1.62 bits per heavy atom. The van der Waals surface area contributed by atoms with Crippen molar-refractivity contribution in [3.8, 4) is 0 Å². The highest BCUT2D eigenvalue weighted by Crippen LogP contribution is 2.44. The van der Waals surface area contributed by atoms with Crippen LogP contribution >= 0.6 is 23.2 Å². The van der Waals surface area contributed by atoms with Crippen LogP contribution in [0.25, 0.3) is 5.76 Å². The van der Waals surface area contributed by atoms with Gasteiger partial charge in [0.15, 0.2) is 11.5 Å². The van der Waals surface area contributed by atoms with Crippen molar-refractivity contribution in [1.82, 2.24) is 0 Å². The van der Waals surface area contributed by atoms with Gasteiger partial charge in [-0.2, -0.15) is 5.06 Å². The summed E-state index contributed by atoms with van der Waals surface area (Å²) in [4.78, 5) is 8.49. The zero-order chi connectivity index (χ0) is 20.4. The number of anilines is 2. The molecule has 6 heteroatoms. The van der Waals surface area contributed by atoms with Gasteiger partial charge in [-0.25, -0.2) is 0 Å². The smallest absolute Gasteiger partial charge is 0.196 e. The lowest BCUT2D eigenvalue weighted by molar-refractivity contribution is 0.240. The van der Waals surface area contributed by atoms with Crippen LogP contribution in [0.15, 0.2) is 71.4 Å². The average Bonchev–Trinajstić information content (AvgIpc) is 3.40. The monoisotopic (exact) mass is 428 g/mol. The summed E-state index contributed by atoms with van der Waals surface area (Å²) >= 11 is 13.0. The van der Waals surface area contributed by atoms with E-state index in [1.807, 2.05) is 53.6 Å². The summed E-state index contributed by atoms with van der Waals surface area (Å²) in [6.45, 7) is 6.21. The van der Waals surface area contributed by atoms with E-state index in [9.17, 15) is 0 Å². The highest BCUT2D eigenvalue weighted by atomic mass is 35.5. The van der Waals surface area contributed by atoms with Crippen molar-refractivity contribution in [1.29, 1.82) is 0 Å². The zero-order valence-electron chi connectivity index (χ0n) is 16.3. The minimum Gasteiger partial charge on any atom is -0.461 e. The Labute approximate surface area is 180 Å². The minimum atomic E-state index is -0.282. The molecule has 1 aliphatic rings. The highest BCUT2D eigenvalue weighted by Gasteiger charge is 2.33. The molecule has 0 saturated heterocycles. The van der Waals surface area contributed by atoms with E-state index >= 15 is 0 Å². The molecule has 1 unspecified atom stereocenters. The van der Waals surface area contributed by atoms with Gasteiger partial charge in [0, 0.05) is 34.4 Å². The summed E-state index contributed by atoms with van der Waals surface area (Å²) < 4.78 is 5.53. The lowest BCUT2D eigenvalue weighted by Gasteiger charge is -2.27. The molecule has 0 radical (unpaired) electrons. The van der Waals surface area contributed by atoms with E-state index in [0.717, 1.165) is 24.3 Å². The van der Waals surface area contributed by atoms with Gasteiger partial charge in [-0.15, -0.1) is 0 Å². The minimum absolute atomic E-state index is 0.282. The van der Waals surface area contributed by atoms with Gasteiger partial charge in [0.25, 0.3) is 0 Å². The van der Waals surface area contributed by atoms with E-state index in [-0.39, 0.29) is 6.04 Å². The van der Waals surface area contributed by atoms with Crippen LogP contribution in [0.2, 0.25) is 10.0 Å². The first-order valence-electron chi connectivity index (χ1n) is 9.64. The summed E-state index contributed by atoms with van der Waals surface area (Å²) in [5.74, 6) is 1.28. The second-order valence-electron chi connectivity index (χ2n) is 6.69. The first kappa shape index (κ1) is 19.7. The maximum Gasteiger partial charge on any atom is 0.196 e. The fourth-order valence-electron chi connectivity index (χ4n) is 3.56. The lowest BCUT2D eigenvalue weighted by Crippen LogP contribution is -2.24. The average molecular weight is 429 g/mol. The number of furan rings is 1. The zero-order valence-corrected chi connectivity index (χ0v) is 17.8. The molecule has 1 aliphatic heterocycles. The fraction of sp³-hybridized carbons (Fsp3) is 0.217. The molecule has 0 N–H and O–H groups in total. The number of nitrogens with zero attached hydrogens (tertiary/aromatic N) is 2. The Hall–Kier alpha value is -2.56. The number of halogens is 2. The van der Waals surface area contributed by atoms with E-state index < -0.39 is 0 Å². The van der Waals surface area contributed by atoms with Gasteiger partial charge in [-0.05, 0) is 68.5 Å². The third-order valence-corrected chi connectivity index (χ3v) is 5.71. The quantitative estimate of drug-likeness (QED) is 0.423. The largest absolute Gasteiger partial charge is 0.461 e. The van der Waals surface area contributed by atoms with Gasteiger partial charge in [0.05, 0.1) is 12.0 Å². The molecule has 2 aromatic carbocycles. The molecule has 150 valence electrons. The number of hydrogen-bond donors (Lipinski definition) is 0. The molecule has 2 heterocycles. The summed E-state index contributed by atoms with van der Waals surface area (Å²) in [6.07, 6.45) is 3.60. The Balaban J connectivity index is 1.73.